The van der Waals surface area contributed by atoms with Gasteiger partial charge in [0.2, 0.25) is 5.91 Å². The first-order valence-corrected chi connectivity index (χ1v) is 5.00. The molecule has 1 aromatic carbocycles. The highest BCUT2D eigenvalue weighted by atomic mass is 16.6. The zero-order valence-electron chi connectivity index (χ0n) is 9.13. The van der Waals surface area contributed by atoms with Crippen molar-refractivity contribution >= 4 is 11.6 Å². The zero-order chi connectivity index (χ0) is 12.8. The van der Waals surface area contributed by atoms with Crippen molar-refractivity contribution in [2.45, 2.75) is 12.6 Å². The average Bonchev–Trinajstić information content (AvgIpc) is 2.29. The van der Waals surface area contributed by atoms with Crippen LogP contribution in [0.1, 0.15) is 5.56 Å². The third-order valence-electron chi connectivity index (χ3n) is 2.23. The molecule has 0 fully saturated rings. The van der Waals surface area contributed by atoms with Gasteiger partial charge in [0.05, 0.1) is 11.0 Å². The van der Waals surface area contributed by atoms with E-state index >= 15 is 0 Å². The maximum absolute atomic E-state index is 10.7. The smallest absolute Gasteiger partial charge is 0.273 e. The minimum absolute atomic E-state index is 0.0349. The number of para-hydroxylation sites is 1. The molecule has 7 nitrogen and oxygen atoms in total. The van der Waals surface area contributed by atoms with Crippen LogP contribution >= 0.6 is 0 Å². The van der Waals surface area contributed by atoms with E-state index in [1.165, 1.54) is 6.07 Å². The number of nitro groups is 1. The summed E-state index contributed by atoms with van der Waals surface area (Å²) in [4.78, 5) is 20.9. The van der Waals surface area contributed by atoms with E-state index in [1.807, 2.05) is 0 Å². The Balaban J connectivity index is 2.58. The van der Waals surface area contributed by atoms with Crippen molar-refractivity contribution in [3.8, 4) is 0 Å². The Morgan fingerprint density at radius 3 is 2.71 bits per heavy atom. The highest BCUT2D eigenvalue weighted by molar-refractivity contribution is 5.79. The summed E-state index contributed by atoms with van der Waals surface area (Å²) in [6, 6.07) is 5.57. The predicted octanol–water partition coefficient (Wildman–Crippen LogP) is -0.503. The third-order valence-corrected chi connectivity index (χ3v) is 2.23. The number of rotatable bonds is 6. The number of nitrogens with two attached hydrogens (primary N) is 2. The molecule has 5 N–H and O–H groups in total. The number of carbonyl (C=O) groups excluding carboxylic acids is 1. The van der Waals surface area contributed by atoms with Crippen molar-refractivity contribution in [2.24, 2.45) is 11.5 Å². The van der Waals surface area contributed by atoms with E-state index in [0.717, 1.165) is 0 Å². The first kappa shape index (κ1) is 13.1. The number of hydrogen-bond donors (Lipinski definition) is 3. The molecule has 0 heterocycles. The predicted molar refractivity (Wildman–Crippen MR) is 62.0 cm³/mol. The first-order valence-electron chi connectivity index (χ1n) is 5.00. The Hall–Kier alpha value is -1.99. The first-order chi connectivity index (χ1) is 8.02. The topological polar surface area (TPSA) is 124 Å². The lowest BCUT2D eigenvalue weighted by molar-refractivity contribution is -0.385. The van der Waals surface area contributed by atoms with E-state index in [1.54, 1.807) is 18.2 Å². The Morgan fingerprint density at radius 2 is 2.12 bits per heavy atom. The zero-order valence-corrected chi connectivity index (χ0v) is 9.13. The minimum Gasteiger partial charge on any atom is -0.368 e. The maximum atomic E-state index is 10.7. The molecule has 1 amide bonds. The molecule has 0 saturated carbocycles. The number of nitrogens with one attached hydrogen (secondary N) is 1. The average molecular weight is 238 g/mol. The Morgan fingerprint density at radius 1 is 1.47 bits per heavy atom. The molecule has 17 heavy (non-hydrogen) atoms. The van der Waals surface area contributed by atoms with Gasteiger partial charge in [0.1, 0.15) is 0 Å². The molecule has 92 valence electrons. The normalized spacial score (nSPS) is 12.1. The lowest BCUT2D eigenvalue weighted by Gasteiger charge is -2.09. The van der Waals surface area contributed by atoms with Crippen LogP contribution in [0.25, 0.3) is 0 Å². The second-order valence-corrected chi connectivity index (χ2v) is 3.53. The van der Waals surface area contributed by atoms with Crippen molar-refractivity contribution < 1.29 is 9.72 Å². The van der Waals surface area contributed by atoms with E-state index in [0.29, 0.717) is 5.56 Å². The monoisotopic (exact) mass is 238 g/mol. The summed E-state index contributed by atoms with van der Waals surface area (Å²) < 4.78 is 0. The van der Waals surface area contributed by atoms with E-state index in [-0.39, 0.29) is 18.8 Å². The van der Waals surface area contributed by atoms with E-state index in [2.05, 4.69) is 5.32 Å². The number of primary amides is 1. The molecule has 0 radical (unpaired) electrons. The fraction of sp³-hybridized carbons (Fsp3) is 0.300. The van der Waals surface area contributed by atoms with Crippen LogP contribution in [0.3, 0.4) is 0 Å². The number of hydrogen-bond acceptors (Lipinski definition) is 5. The van der Waals surface area contributed by atoms with Gasteiger partial charge in [-0.05, 0) is 0 Å². The van der Waals surface area contributed by atoms with E-state index < -0.39 is 16.9 Å². The summed E-state index contributed by atoms with van der Waals surface area (Å²) in [6.45, 7) is 0.444. The Kier molecular flexibility index (Phi) is 4.56. The van der Waals surface area contributed by atoms with Crippen LogP contribution in [0.5, 0.6) is 0 Å². The molecule has 1 aromatic rings. The summed E-state index contributed by atoms with van der Waals surface area (Å²) in [6.07, 6.45) is 0. The van der Waals surface area contributed by atoms with Crippen LogP contribution in [-0.2, 0) is 11.3 Å². The maximum Gasteiger partial charge on any atom is 0.273 e. The summed E-state index contributed by atoms with van der Waals surface area (Å²) in [5.41, 5.74) is 11.0. The molecular weight excluding hydrogens is 224 g/mol. The standard InChI is InChI=1S/C10H14N4O3/c11-8(10(12)15)6-13-5-7-3-1-2-4-9(7)14(16)17/h1-4,8,13H,5-6,11H2,(H2,12,15). The van der Waals surface area contributed by atoms with Gasteiger partial charge in [-0.2, -0.15) is 0 Å². The molecular formula is C10H14N4O3. The highest BCUT2D eigenvalue weighted by Gasteiger charge is 2.13. The van der Waals surface area contributed by atoms with Gasteiger partial charge in [0.25, 0.3) is 5.69 Å². The number of nitro benzene ring substituents is 1. The van der Waals surface area contributed by atoms with Crippen LogP contribution in [0, 0.1) is 10.1 Å². The number of amides is 1. The molecule has 1 atom stereocenters. The molecule has 0 aromatic heterocycles. The van der Waals surface area contributed by atoms with Crippen molar-refractivity contribution in [1.29, 1.82) is 0 Å². The number of benzene rings is 1. The van der Waals surface area contributed by atoms with Crippen LogP contribution in [0.4, 0.5) is 5.69 Å². The molecule has 0 aliphatic rings. The molecule has 7 heteroatoms. The SMILES string of the molecule is NC(=O)C(N)CNCc1ccccc1[N+](=O)[O-]. The van der Waals surface area contributed by atoms with Crippen molar-refractivity contribution in [2.75, 3.05) is 6.54 Å². The van der Waals surface area contributed by atoms with Crippen LogP contribution in [0.2, 0.25) is 0 Å². The van der Waals surface area contributed by atoms with Gasteiger partial charge in [0, 0.05) is 24.7 Å². The van der Waals surface area contributed by atoms with Crippen molar-refractivity contribution in [3.63, 3.8) is 0 Å². The van der Waals surface area contributed by atoms with Gasteiger partial charge in [-0.3, -0.25) is 14.9 Å². The Labute approximate surface area is 97.9 Å². The van der Waals surface area contributed by atoms with Gasteiger partial charge in [-0.1, -0.05) is 18.2 Å². The third kappa shape index (κ3) is 3.82. The van der Waals surface area contributed by atoms with Crippen molar-refractivity contribution in [1.82, 2.24) is 5.32 Å². The van der Waals surface area contributed by atoms with Gasteiger partial charge in [-0.15, -0.1) is 0 Å². The lowest BCUT2D eigenvalue weighted by Crippen LogP contribution is -2.44. The largest absolute Gasteiger partial charge is 0.368 e. The molecule has 1 rings (SSSR count). The lowest BCUT2D eigenvalue weighted by atomic mass is 10.2. The van der Waals surface area contributed by atoms with Crippen LogP contribution < -0.4 is 16.8 Å². The van der Waals surface area contributed by atoms with Gasteiger partial charge in [0.15, 0.2) is 0 Å². The van der Waals surface area contributed by atoms with Crippen molar-refractivity contribution in [3.05, 3.63) is 39.9 Å². The summed E-state index contributed by atoms with van der Waals surface area (Å²) in [7, 11) is 0. The molecule has 0 bridgehead atoms. The summed E-state index contributed by atoms with van der Waals surface area (Å²) in [5.74, 6) is -0.611. The molecule has 0 aliphatic heterocycles. The molecule has 0 spiro atoms. The van der Waals surface area contributed by atoms with Gasteiger partial charge in [-0.25, -0.2) is 0 Å². The van der Waals surface area contributed by atoms with Gasteiger partial charge >= 0.3 is 0 Å². The highest BCUT2D eigenvalue weighted by Crippen LogP contribution is 2.16. The van der Waals surface area contributed by atoms with Crippen LogP contribution in [-0.4, -0.2) is 23.4 Å². The Bertz CT molecular complexity index is 422. The summed E-state index contributed by atoms with van der Waals surface area (Å²) >= 11 is 0. The fourth-order valence-electron chi connectivity index (χ4n) is 1.30. The van der Waals surface area contributed by atoms with Gasteiger partial charge < -0.3 is 16.8 Å². The second kappa shape index (κ2) is 5.92. The number of nitrogens with zero attached hydrogens (tertiary/aromatic N) is 1. The summed E-state index contributed by atoms with van der Waals surface area (Å²) in [5, 5.41) is 13.6. The quantitative estimate of drug-likeness (QED) is 0.455. The molecule has 0 aliphatic carbocycles. The van der Waals surface area contributed by atoms with E-state index in [9.17, 15) is 14.9 Å². The molecule has 0 saturated heterocycles. The van der Waals surface area contributed by atoms with E-state index in [4.69, 9.17) is 11.5 Å². The number of carbonyl (C=O) groups is 1. The second-order valence-electron chi connectivity index (χ2n) is 3.53. The molecule has 1 unspecified atom stereocenters. The van der Waals surface area contributed by atoms with Crippen LogP contribution in [0.15, 0.2) is 24.3 Å². The minimum atomic E-state index is -0.794. The fourth-order valence-corrected chi connectivity index (χ4v) is 1.30.